The zero-order valence-electron chi connectivity index (χ0n) is 16.2. The number of carbonyl (C=O) groups is 1. The maximum absolute atomic E-state index is 11.9. The van der Waals surface area contributed by atoms with Gasteiger partial charge in [-0.1, -0.05) is 6.92 Å². The van der Waals surface area contributed by atoms with Crippen molar-refractivity contribution in [2.24, 2.45) is 4.99 Å². The van der Waals surface area contributed by atoms with Gasteiger partial charge < -0.3 is 20.1 Å². The predicted molar refractivity (Wildman–Crippen MR) is 115 cm³/mol. The number of nitrogens with one attached hydrogen (secondary N) is 2. The lowest BCUT2D eigenvalue weighted by atomic mass is 10.3. The maximum atomic E-state index is 11.9. The zero-order chi connectivity index (χ0) is 18.4. The summed E-state index contributed by atoms with van der Waals surface area (Å²) in [6, 6.07) is 0.436. The Labute approximate surface area is 178 Å². The van der Waals surface area contributed by atoms with E-state index in [0.717, 1.165) is 70.3 Å². The molecule has 2 aliphatic rings. The van der Waals surface area contributed by atoms with E-state index in [1.807, 2.05) is 7.05 Å². The number of aromatic nitrogens is 3. The minimum Gasteiger partial charge on any atom is -0.354 e. The van der Waals surface area contributed by atoms with Crippen LogP contribution in [0.3, 0.4) is 0 Å². The highest BCUT2D eigenvalue weighted by molar-refractivity contribution is 14.0. The SMILES string of the molecule is CCc1nncn1CCNC(=NC)N1CCN(CC(=O)NC2CC2)CC1.I. The van der Waals surface area contributed by atoms with Crippen LogP contribution in [0.1, 0.15) is 25.6 Å². The molecule has 1 saturated heterocycles. The first-order valence-electron chi connectivity index (χ1n) is 9.53. The monoisotopic (exact) mass is 490 g/mol. The summed E-state index contributed by atoms with van der Waals surface area (Å²) in [5, 5.41) is 14.5. The number of halogens is 1. The highest BCUT2D eigenvalue weighted by Gasteiger charge is 2.25. The number of carbonyl (C=O) groups excluding carboxylic acids is 1. The van der Waals surface area contributed by atoms with Crippen molar-refractivity contribution in [1.82, 2.24) is 35.2 Å². The summed E-state index contributed by atoms with van der Waals surface area (Å²) in [5.41, 5.74) is 0. The molecule has 3 rings (SSSR count). The number of hydrogen-bond acceptors (Lipinski definition) is 5. The molecule has 152 valence electrons. The van der Waals surface area contributed by atoms with Crippen LogP contribution in [-0.4, -0.2) is 88.8 Å². The maximum Gasteiger partial charge on any atom is 0.234 e. The lowest BCUT2D eigenvalue weighted by molar-refractivity contribution is -0.122. The number of amides is 1. The van der Waals surface area contributed by atoms with Gasteiger partial charge in [-0.2, -0.15) is 0 Å². The molecule has 2 heterocycles. The summed E-state index contributed by atoms with van der Waals surface area (Å²) in [6.45, 7) is 7.69. The fourth-order valence-corrected chi connectivity index (χ4v) is 3.18. The van der Waals surface area contributed by atoms with Gasteiger partial charge in [-0.15, -0.1) is 34.2 Å². The van der Waals surface area contributed by atoms with Crippen molar-refractivity contribution in [1.29, 1.82) is 0 Å². The van der Waals surface area contributed by atoms with E-state index >= 15 is 0 Å². The number of aryl methyl sites for hydroxylation is 1. The summed E-state index contributed by atoms with van der Waals surface area (Å²) >= 11 is 0. The molecule has 1 aromatic rings. The summed E-state index contributed by atoms with van der Waals surface area (Å²) in [6.07, 6.45) is 4.92. The number of nitrogens with zero attached hydrogens (tertiary/aromatic N) is 6. The van der Waals surface area contributed by atoms with Crippen molar-refractivity contribution in [2.75, 3.05) is 46.3 Å². The number of rotatable bonds is 7. The fraction of sp³-hybridized carbons (Fsp3) is 0.765. The molecule has 1 saturated carbocycles. The Morgan fingerprint density at radius 1 is 1.30 bits per heavy atom. The zero-order valence-corrected chi connectivity index (χ0v) is 18.6. The van der Waals surface area contributed by atoms with E-state index in [9.17, 15) is 4.79 Å². The lowest BCUT2D eigenvalue weighted by Gasteiger charge is -2.36. The fourth-order valence-electron chi connectivity index (χ4n) is 3.18. The van der Waals surface area contributed by atoms with Gasteiger partial charge in [0, 0.05) is 58.8 Å². The first kappa shape index (κ1) is 21.9. The minimum absolute atomic E-state index is 0. The van der Waals surface area contributed by atoms with Crippen LogP contribution in [0.25, 0.3) is 0 Å². The molecule has 1 aromatic heterocycles. The number of hydrogen-bond donors (Lipinski definition) is 2. The van der Waals surface area contributed by atoms with Crippen LogP contribution < -0.4 is 10.6 Å². The normalized spacial score (nSPS) is 18.1. The molecule has 0 bridgehead atoms. The number of guanidine groups is 1. The van der Waals surface area contributed by atoms with Crippen molar-refractivity contribution in [3.05, 3.63) is 12.2 Å². The van der Waals surface area contributed by atoms with Crippen LogP contribution in [0.5, 0.6) is 0 Å². The second-order valence-corrected chi connectivity index (χ2v) is 6.87. The molecule has 0 radical (unpaired) electrons. The second kappa shape index (κ2) is 10.8. The molecule has 1 aliphatic carbocycles. The number of piperazine rings is 1. The largest absolute Gasteiger partial charge is 0.354 e. The molecule has 10 heteroatoms. The van der Waals surface area contributed by atoms with Gasteiger partial charge in [0.1, 0.15) is 12.2 Å². The summed E-state index contributed by atoms with van der Waals surface area (Å²) < 4.78 is 2.07. The van der Waals surface area contributed by atoms with E-state index in [1.54, 1.807) is 6.33 Å². The summed E-state index contributed by atoms with van der Waals surface area (Å²) in [4.78, 5) is 20.8. The van der Waals surface area contributed by atoms with Gasteiger partial charge in [-0.3, -0.25) is 14.7 Å². The molecule has 27 heavy (non-hydrogen) atoms. The average Bonchev–Trinajstić information content (AvgIpc) is 3.34. The Balaban J connectivity index is 0.00000261. The van der Waals surface area contributed by atoms with Crippen LogP contribution in [0.15, 0.2) is 11.3 Å². The van der Waals surface area contributed by atoms with E-state index in [2.05, 4.69) is 47.1 Å². The van der Waals surface area contributed by atoms with Crippen molar-refractivity contribution < 1.29 is 4.79 Å². The van der Waals surface area contributed by atoms with E-state index in [1.165, 1.54) is 0 Å². The van der Waals surface area contributed by atoms with E-state index < -0.39 is 0 Å². The molecule has 0 unspecified atom stereocenters. The van der Waals surface area contributed by atoms with E-state index in [0.29, 0.717) is 12.6 Å². The van der Waals surface area contributed by atoms with Gasteiger partial charge in [0.25, 0.3) is 0 Å². The minimum atomic E-state index is 0. The molecule has 2 N–H and O–H groups in total. The van der Waals surface area contributed by atoms with Gasteiger partial charge >= 0.3 is 0 Å². The van der Waals surface area contributed by atoms with Crippen LogP contribution in [-0.2, 0) is 17.8 Å². The Bertz CT molecular complexity index is 622. The van der Waals surface area contributed by atoms with Crippen molar-refractivity contribution in [3.8, 4) is 0 Å². The molecular weight excluding hydrogens is 459 g/mol. The summed E-state index contributed by atoms with van der Waals surface area (Å²) in [5.74, 6) is 2.07. The molecular formula is C17H31IN8O. The molecule has 2 fully saturated rings. The Hall–Kier alpha value is -1.43. The first-order chi connectivity index (χ1) is 12.7. The van der Waals surface area contributed by atoms with Crippen LogP contribution >= 0.6 is 24.0 Å². The highest BCUT2D eigenvalue weighted by Crippen LogP contribution is 2.18. The predicted octanol–water partition coefficient (Wildman–Crippen LogP) is -0.0699. The standard InChI is InChI=1S/C17H30N8O.HI/c1-3-15-22-20-13-25(15)7-6-19-17(18-2)24-10-8-23(9-11-24)12-16(26)21-14-4-5-14;/h13-14H,3-12H2,1-2H3,(H,18,19)(H,21,26);1H. The van der Waals surface area contributed by atoms with Crippen LogP contribution in [0, 0.1) is 0 Å². The van der Waals surface area contributed by atoms with Gasteiger partial charge in [-0.05, 0) is 12.8 Å². The Morgan fingerprint density at radius 3 is 2.67 bits per heavy atom. The Morgan fingerprint density at radius 2 is 2.04 bits per heavy atom. The van der Waals surface area contributed by atoms with E-state index in [4.69, 9.17) is 0 Å². The van der Waals surface area contributed by atoms with Crippen molar-refractivity contribution in [3.63, 3.8) is 0 Å². The molecule has 9 nitrogen and oxygen atoms in total. The average molecular weight is 490 g/mol. The summed E-state index contributed by atoms with van der Waals surface area (Å²) in [7, 11) is 1.81. The Kier molecular flexibility index (Phi) is 8.74. The van der Waals surface area contributed by atoms with Gasteiger partial charge in [0.15, 0.2) is 5.96 Å². The molecule has 1 aliphatic heterocycles. The third-order valence-corrected chi connectivity index (χ3v) is 4.84. The smallest absolute Gasteiger partial charge is 0.234 e. The van der Waals surface area contributed by atoms with Crippen molar-refractivity contribution in [2.45, 2.75) is 38.8 Å². The molecule has 0 atom stereocenters. The molecule has 0 aromatic carbocycles. The van der Waals surface area contributed by atoms with Crippen LogP contribution in [0.4, 0.5) is 0 Å². The molecule has 0 spiro atoms. The molecule has 1 amide bonds. The van der Waals surface area contributed by atoms with Gasteiger partial charge in [-0.25, -0.2) is 0 Å². The van der Waals surface area contributed by atoms with E-state index in [-0.39, 0.29) is 29.9 Å². The first-order valence-corrected chi connectivity index (χ1v) is 9.53. The topological polar surface area (TPSA) is 90.7 Å². The lowest BCUT2D eigenvalue weighted by Crippen LogP contribution is -2.54. The van der Waals surface area contributed by atoms with Crippen molar-refractivity contribution >= 4 is 35.8 Å². The quantitative estimate of drug-likeness (QED) is 0.316. The van der Waals surface area contributed by atoms with Gasteiger partial charge in [0.05, 0.1) is 6.54 Å². The van der Waals surface area contributed by atoms with Gasteiger partial charge in [0.2, 0.25) is 5.91 Å². The second-order valence-electron chi connectivity index (χ2n) is 6.87. The highest BCUT2D eigenvalue weighted by atomic mass is 127. The third-order valence-electron chi connectivity index (χ3n) is 4.84. The van der Waals surface area contributed by atoms with Crippen LogP contribution in [0.2, 0.25) is 0 Å². The number of aliphatic imine (C=N–C) groups is 1. The third kappa shape index (κ3) is 6.59.